The normalized spacial score (nSPS) is 22.0. The first kappa shape index (κ1) is 19.2. The van der Waals surface area contributed by atoms with Crippen LogP contribution in [0.25, 0.3) is 0 Å². The van der Waals surface area contributed by atoms with Crippen LogP contribution in [0, 0.1) is 11.8 Å². The van der Waals surface area contributed by atoms with Crippen LogP contribution in [0.2, 0.25) is 0 Å². The summed E-state index contributed by atoms with van der Waals surface area (Å²) in [5, 5.41) is 8.93. The van der Waals surface area contributed by atoms with Crippen LogP contribution in [0.4, 0.5) is 0 Å². The lowest BCUT2D eigenvalue weighted by Crippen LogP contribution is -2.27. The fraction of sp³-hybridized carbons (Fsp3) is 0.706. The molecule has 0 aliphatic heterocycles. The van der Waals surface area contributed by atoms with Gasteiger partial charge in [-0.2, -0.15) is 0 Å². The Morgan fingerprint density at radius 1 is 1.22 bits per heavy atom. The van der Waals surface area contributed by atoms with Gasteiger partial charge in [0.15, 0.2) is 0 Å². The van der Waals surface area contributed by atoms with Gasteiger partial charge in [-0.25, -0.2) is 4.79 Å². The predicted octanol–water partition coefficient (Wildman–Crippen LogP) is 2.71. The van der Waals surface area contributed by atoms with E-state index in [0.29, 0.717) is 51.6 Å². The van der Waals surface area contributed by atoms with E-state index in [-0.39, 0.29) is 23.9 Å². The Bertz CT molecular complexity index is 423. The van der Waals surface area contributed by atoms with Crippen molar-refractivity contribution in [2.24, 2.45) is 11.8 Å². The van der Waals surface area contributed by atoms with Crippen molar-refractivity contribution < 1.29 is 29.0 Å². The number of aliphatic carboxylic acids is 1. The number of carboxylic acid groups (broad SMARTS) is 1. The van der Waals surface area contributed by atoms with E-state index in [2.05, 4.69) is 6.58 Å². The minimum absolute atomic E-state index is 0.189. The number of hydrogen-bond acceptors (Lipinski definition) is 5. The highest BCUT2D eigenvalue weighted by Crippen LogP contribution is 2.29. The number of rotatable bonds is 9. The highest BCUT2D eigenvalue weighted by Gasteiger charge is 2.30. The number of hydrogen-bond donors (Lipinski definition) is 1. The number of ether oxygens (including phenoxy) is 2. The van der Waals surface area contributed by atoms with Crippen molar-refractivity contribution in [3.63, 3.8) is 0 Å². The lowest BCUT2D eigenvalue weighted by molar-refractivity contribution is -0.153. The first-order chi connectivity index (χ1) is 11.0. The summed E-state index contributed by atoms with van der Waals surface area (Å²) in [6.45, 7) is 5.57. The summed E-state index contributed by atoms with van der Waals surface area (Å²) in [5.74, 6) is -1.99. The van der Waals surface area contributed by atoms with Gasteiger partial charge in [0.2, 0.25) is 0 Å². The third-order valence-corrected chi connectivity index (χ3v) is 4.23. The molecule has 1 aliphatic rings. The molecule has 0 aromatic heterocycles. The van der Waals surface area contributed by atoms with Gasteiger partial charge in [-0.05, 0) is 44.9 Å². The van der Waals surface area contributed by atoms with Gasteiger partial charge in [0.25, 0.3) is 0 Å². The molecule has 130 valence electrons. The van der Waals surface area contributed by atoms with E-state index in [1.165, 1.54) is 0 Å². The monoisotopic (exact) mass is 326 g/mol. The fourth-order valence-electron chi connectivity index (χ4n) is 2.74. The van der Waals surface area contributed by atoms with Gasteiger partial charge in [0, 0.05) is 6.08 Å². The number of carbonyl (C=O) groups is 3. The second-order valence-electron chi connectivity index (χ2n) is 5.87. The van der Waals surface area contributed by atoms with Crippen LogP contribution >= 0.6 is 0 Å². The first-order valence-electron chi connectivity index (χ1n) is 8.20. The molecule has 1 fully saturated rings. The summed E-state index contributed by atoms with van der Waals surface area (Å²) in [4.78, 5) is 34.0. The van der Waals surface area contributed by atoms with Gasteiger partial charge >= 0.3 is 17.9 Å². The third kappa shape index (κ3) is 6.84. The van der Waals surface area contributed by atoms with Crippen molar-refractivity contribution >= 4 is 17.9 Å². The van der Waals surface area contributed by atoms with Gasteiger partial charge in [0.05, 0.1) is 18.4 Å². The molecule has 0 spiro atoms. The molecule has 1 saturated carbocycles. The predicted molar refractivity (Wildman–Crippen MR) is 83.6 cm³/mol. The summed E-state index contributed by atoms with van der Waals surface area (Å²) < 4.78 is 10.4. The van der Waals surface area contributed by atoms with Crippen molar-refractivity contribution in [3.8, 4) is 0 Å². The van der Waals surface area contributed by atoms with E-state index in [0.717, 1.165) is 6.08 Å². The average Bonchev–Trinajstić information content (AvgIpc) is 2.57. The van der Waals surface area contributed by atoms with Gasteiger partial charge in [-0.1, -0.05) is 13.5 Å². The maximum absolute atomic E-state index is 11.9. The molecule has 1 N–H and O–H groups in total. The van der Waals surface area contributed by atoms with E-state index in [1.54, 1.807) is 0 Å². The zero-order valence-electron chi connectivity index (χ0n) is 13.7. The molecule has 0 bridgehead atoms. The van der Waals surface area contributed by atoms with E-state index < -0.39 is 11.9 Å². The molecule has 0 saturated heterocycles. The Morgan fingerprint density at radius 3 is 2.35 bits per heavy atom. The van der Waals surface area contributed by atoms with E-state index in [1.807, 2.05) is 6.92 Å². The summed E-state index contributed by atoms with van der Waals surface area (Å²) in [6, 6.07) is 0. The second kappa shape index (κ2) is 10.0. The molecule has 0 radical (unpaired) electrons. The van der Waals surface area contributed by atoms with Crippen molar-refractivity contribution in [2.45, 2.75) is 58.0 Å². The quantitative estimate of drug-likeness (QED) is 0.398. The van der Waals surface area contributed by atoms with Crippen molar-refractivity contribution in [3.05, 3.63) is 12.7 Å². The zero-order chi connectivity index (χ0) is 17.2. The SMILES string of the molecule is C=CC(=O)OC(CC)CCCOC(=O)C1CCC(C(=O)O)CC1. The van der Waals surface area contributed by atoms with Crippen molar-refractivity contribution in [1.29, 1.82) is 0 Å². The molecule has 6 heteroatoms. The molecule has 1 unspecified atom stereocenters. The fourth-order valence-corrected chi connectivity index (χ4v) is 2.74. The van der Waals surface area contributed by atoms with Gasteiger partial charge < -0.3 is 14.6 Å². The van der Waals surface area contributed by atoms with E-state index in [9.17, 15) is 14.4 Å². The van der Waals surface area contributed by atoms with Crippen LogP contribution in [0.3, 0.4) is 0 Å². The minimum atomic E-state index is -0.781. The Hall–Kier alpha value is -1.85. The highest BCUT2D eigenvalue weighted by molar-refractivity contribution is 5.81. The molecule has 23 heavy (non-hydrogen) atoms. The van der Waals surface area contributed by atoms with Crippen LogP contribution in [0.1, 0.15) is 51.9 Å². The zero-order valence-corrected chi connectivity index (χ0v) is 13.7. The number of carbonyl (C=O) groups excluding carboxylic acids is 2. The molecule has 1 rings (SSSR count). The van der Waals surface area contributed by atoms with Gasteiger partial charge in [0.1, 0.15) is 6.10 Å². The Kier molecular flexibility index (Phi) is 8.37. The van der Waals surface area contributed by atoms with Gasteiger partial charge in [-0.15, -0.1) is 0 Å². The maximum atomic E-state index is 11.9. The van der Waals surface area contributed by atoms with Gasteiger partial charge in [-0.3, -0.25) is 9.59 Å². The number of carboxylic acids is 1. The van der Waals surface area contributed by atoms with Crippen LogP contribution in [0.15, 0.2) is 12.7 Å². The summed E-state index contributed by atoms with van der Waals surface area (Å²) in [5.41, 5.74) is 0. The van der Waals surface area contributed by atoms with Crippen LogP contribution in [-0.2, 0) is 23.9 Å². The van der Waals surface area contributed by atoms with E-state index in [4.69, 9.17) is 14.6 Å². The minimum Gasteiger partial charge on any atom is -0.481 e. The molecule has 0 amide bonds. The Balaban J connectivity index is 2.20. The van der Waals surface area contributed by atoms with Crippen LogP contribution in [0.5, 0.6) is 0 Å². The molecule has 0 aromatic rings. The lowest BCUT2D eigenvalue weighted by atomic mass is 9.82. The Labute approximate surface area is 136 Å². The molecule has 6 nitrogen and oxygen atoms in total. The molecule has 0 heterocycles. The standard InChI is InChI=1S/C17H26O6/c1-3-14(23-15(18)4-2)6-5-11-22-17(21)13-9-7-12(8-10-13)16(19)20/h4,12-14H,2-3,5-11H2,1H3,(H,19,20). The summed E-state index contributed by atoms with van der Waals surface area (Å²) in [6.07, 6.45) is 5.12. The average molecular weight is 326 g/mol. The smallest absolute Gasteiger partial charge is 0.330 e. The molecular formula is C17H26O6. The second-order valence-corrected chi connectivity index (χ2v) is 5.87. The highest BCUT2D eigenvalue weighted by atomic mass is 16.5. The third-order valence-electron chi connectivity index (χ3n) is 4.23. The van der Waals surface area contributed by atoms with Crippen molar-refractivity contribution in [1.82, 2.24) is 0 Å². The largest absolute Gasteiger partial charge is 0.481 e. The Morgan fingerprint density at radius 2 is 1.83 bits per heavy atom. The van der Waals surface area contributed by atoms with Crippen LogP contribution in [-0.4, -0.2) is 35.7 Å². The topological polar surface area (TPSA) is 89.9 Å². The summed E-state index contributed by atoms with van der Waals surface area (Å²) >= 11 is 0. The molecule has 1 atom stereocenters. The van der Waals surface area contributed by atoms with Crippen LogP contribution < -0.4 is 0 Å². The molecular weight excluding hydrogens is 300 g/mol. The molecule has 1 aliphatic carbocycles. The summed E-state index contributed by atoms with van der Waals surface area (Å²) in [7, 11) is 0. The lowest BCUT2D eigenvalue weighted by Gasteiger charge is -2.24. The van der Waals surface area contributed by atoms with E-state index >= 15 is 0 Å². The molecule has 0 aromatic carbocycles. The first-order valence-corrected chi connectivity index (χ1v) is 8.20. The maximum Gasteiger partial charge on any atom is 0.330 e. The van der Waals surface area contributed by atoms with Crippen molar-refractivity contribution in [2.75, 3.05) is 6.61 Å². The number of esters is 2.